The number of hydrogen-bond donors (Lipinski definition) is 0. The molecule has 5 nitrogen and oxygen atoms in total. The maximum Gasteiger partial charge on any atom is 0.306 e. The van der Waals surface area contributed by atoms with Crippen LogP contribution in [0, 0.1) is 0 Å². The molecule has 2 aromatic carbocycles. The van der Waals surface area contributed by atoms with Crippen molar-refractivity contribution in [2.75, 3.05) is 0 Å². The lowest BCUT2D eigenvalue weighted by Crippen LogP contribution is -2.08. The highest BCUT2D eigenvalue weighted by Gasteiger charge is 2.12. The number of Topliss-reactive ketones (excluding diaryl/α,β-unsaturated/α-hetero) is 1. The molecule has 0 unspecified atom stereocenters. The van der Waals surface area contributed by atoms with Gasteiger partial charge in [-0.1, -0.05) is 23.2 Å². The van der Waals surface area contributed by atoms with Crippen molar-refractivity contribution in [1.82, 2.24) is 4.98 Å². The van der Waals surface area contributed by atoms with Crippen molar-refractivity contribution in [3.05, 3.63) is 76.2 Å². The maximum atomic E-state index is 12.0. The zero-order chi connectivity index (χ0) is 19.2. The summed E-state index contributed by atoms with van der Waals surface area (Å²) in [6.07, 6.45) is 1.59. The fraction of sp³-hybridized carbons (Fsp3) is 0.150. The minimum atomic E-state index is -0.497. The summed E-state index contributed by atoms with van der Waals surface area (Å²) in [7, 11) is 0. The standard InChI is InChI=1S/C20H15Cl2NO4/c21-15-5-1-13(2-6-15)17(24)9-10-20(25)26-12-19-23-11-18(27-19)14-3-7-16(22)8-4-14/h1-8,11H,9-10,12H2. The van der Waals surface area contributed by atoms with Crippen LogP contribution in [0.15, 0.2) is 59.1 Å². The van der Waals surface area contributed by atoms with Crippen LogP contribution in [0.25, 0.3) is 11.3 Å². The van der Waals surface area contributed by atoms with Crippen molar-refractivity contribution in [1.29, 1.82) is 0 Å². The molecule has 0 saturated heterocycles. The van der Waals surface area contributed by atoms with Crippen LogP contribution < -0.4 is 0 Å². The van der Waals surface area contributed by atoms with Gasteiger partial charge in [-0.15, -0.1) is 0 Å². The number of rotatable bonds is 7. The number of hydrogen-bond acceptors (Lipinski definition) is 5. The third-order valence-corrected chi connectivity index (χ3v) is 4.27. The monoisotopic (exact) mass is 403 g/mol. The first kappa shape index (κ1) is 19.1. The molecule has 0 aliphatic heterocycles. The number of benzene rings is 2. The molecule has 0 aliphatic rings. The van der Waals surface area contributed by atoms with E-state index in [0.29, 0.717) is 21.4 Å². The van der Waals surface area contributed by atoms with Gasteiger partial charge in [-0.3, -0.25) is 9.59 Å². The third kappa shape index (κ3) is 5.42. The average molecular weight is 404 g/mol. The Hall–Kier alpha value is -2.63. The summed E-state index contributed by atoms with van der Waals surface area (Å²) in [5.41, 5.74) is 1.32. The Morgan fingerprint density at radius 1 is 0.926 bits per heavy atom. The molecule has 7 heteroatoms. The fourth-order valence-electron chi connectivity index (χ4n) is 2.33. The lowest BCUT2D eigenvalue weighted by molar-refractivity contribution is -0.145. The number of carbonyl (C=O) groups is 2. The van der Waals surface area contributed by atoms with Gasteiger partial charge in [-0.05, 0) is 48.5 Å². The number of halogens is 2. The van der Waals surface area contributed by atoms with Gasteiger partial charge in [0.05, 0.1) is 12.6 Å². The van der Waals surface area contributed by atoms with Crippen molar-refractivity contribution in [3.63, 3.8) is 0 Å². The van der Waals surface area contributed by atoms with E-state index < -0.39 is 5.97 Å². The van der Waals surface area contributed by atoms with E-state index in [1.807, 2.05) is 0 Å². The summed E-state index contributed by atoms with van der Waals surface area (Å²) in [5.74, 6) is 0.182. The highest BCUT2D eigenvalue weighted by Crippen LogP contribution is 2.22. The van der Waals surface area contributed by atoms with Gasteiger partial charge in [-0.2, -0.15) is 0 Å². The van der Waals surface area contributed by atoms with E-state index in [4.69, 9.17) is 32.4 Å². The van der Waals surface area contributed by atoms with Gasteiger partial charge in [0.15, 0.2) is 18.2 Å². The number of ether oxygens (including phenoxy) is 1. The Kier molecular flexibility index (Phi) is 6.27. The van der Waals surface area contributed by atoms with Gasteiger partial charge in [0, 0.05) is 27.6 Å². The minimum absolute atomic E-state index is 0.0216. The SMILES string of the molecule is O=C(CCC(=O)c1ccc(Cl)cc1)OCc1ncc(-c2ccc(Cl)cc2)o1. The fourth-order valence-corrected chi connectivity index (χ4v) is 2.59. The largest absolute Gasteiger partial charge is 0.456 e. The van der Waals surface area contributed by atoms with E-state index in [1.54, 1.807) is 54.7 Å². The van der Waals surface area contributed by atoms with Gasteiger partial charge >= 0.3 is 5.97 Å². The van der Waals surface area contributed by atoms with Crippen molar-refractivity contribution in [3.8, 4) is 11.3 Å². The Morgan fingerprint density at radius 2 is 1.56 bits per heavy atom. The second-order valence-corrected chi connectivity index (χ2v) is 6.59. The Balaban J connectivity index is 1.47. The van der Waals surface area contributed by atoms with E-state index in [-0.39, 0.29) is 31.1 Å². The van der Waals surface area contributed by atoms with Gasteiger partial charge in [-0.25, -0.2) is 4.98 Å². The molecule has 3 rings (SSSR count). The van der Waals surface area contributed by atoms with E-state index in [9.17, 15) is 9.59 Å². The number of esters is 1. The topological polar surface area (TPSA) is 69.4 Å². The van der Waals surface area contributed by atoms with Crippen LogP contribution in [-0.2, 0) is 16.1 Å². The van der Waals surface area contributed by atoms with Gasteiger partial charge in [0.25, 0.3) is 0 Å². The minimum Gasteiger partial charge on any atom is -0.456 e. The summed E-state index contributed by atoms with van der Waals surface area (Å²) in [6, 6.07) is 13.6. The maximum absolute atomic E-state index is 12.0. The van der Waals surface area contributed by atoms with Crippen LogP contribution in [-0.4, -0.2) is 16.7 Å². The Bertz CT molecular complexity index is 933. The summed E-state index contributed by atoms with van der Waals surface area (Å²) in [6.45, 7) is -0.0957. The van der Waals surface area contributed by atoms with E-state index in [0.717, 1.165) is 5.56 Å². The van der Waals surface area contributed by atoms with E-state index in [1.165, 1.54) is 0 Å². The zero-order valence-corrected chi connectivity index (χ0v) is 15.7. The second kappa shape index (κ2) is 8.84. The molecule has 0 saturated carbocycles. The first-order valence-corrected chi connectivity index (χ1v) is 8.92. The molecule has 0 fully saturated rings. The van der Waals surface area contributed by atoms with Gasteiger partial charge in [0.2, 0.25) is 5.89 Å². The molecule has 0 N–H and O–H groups in total. The Morgan fingerprint density at radius 3 is 2.22 bits per heavy atom. The highest BCUT2D eigenvalue weighted by atomic mass is 35.5. The predicted octanol–water partition coefficient (Wildman–Crippen LogP) is 5.35. The molecule has 1 heterocycles. The summed E-state index contributed by atoms with van der Waals surface area (Å²) < 4.78 is 10.7. The molecule has 0 radical (unpaired) electrons. The van der Waals surface area contributed by atoms with E-state index >= 15 is 0 Å². The van der Waals surface area contributed by atoms with E-state index in [2.05, 4.69) is 4.98 Å². The van der Waals surface area contributed by atoms with Crippen LogP contribution >= 0.6 is 23.2 Å². The average Bonchev–Trinajstić information content (AvgIpc) is 3.14. The molecule has 3 aromatic rings. The quantitative estimate of drug-likeness (QED) is 0.392. The first-order chi connectivity index (χ1) is 13.0. The number of nitrogens with zero attached hydrogens (tertiary/aromatic N) is 1. The number of carbonyl (C=O) groups excluding carboxylic acids is 2. The molecule has 138 valence electrons. The summed E-state index contributed by atoms with van der Waals surface area (Å²) >= 11 is 11.6. The van der Waals surface area contributed by atoms with Crippen LogP contribution in [0.2, 0.25) is 10.0 Å². The molecule has 0 bridgehead atoms. The Labute approximate surface area is 165 Å². The molecule has 0 atom stereocenters. The predicted molar refractivity (Wildman–Crippen MR) is 102 cm³/mol. The molecule has 0 amide bonds. The third-order valence-electron chi connectivity index (χ3n) is 3.76. The highest BCUT2D eigenvalue weighted by molar-refractivity contribution is 6.30. The molecular weight excluding hydrogens is 389 g/mol. The molecule has 0 aliphatic carbocycles. The van der Waals surface area contributed by atoms with Crippen LogP contribution in [0.1, 0.15) is 29.1 Å². The molecule has 27 heavy (non-hydrogen) atoms. The first-order valence-electron chi connectivity index (χ1n) is 8.16. The van der Waals surface area contributed by atoms with Gasteiger partial charge < -0.3 is 9.15 Å². The van der Waals surface area contributed by atoms with Crippen molar-refractivity contribution < 1.29 is 18.7 Å². The van der Waals surface area contributed by atoms with Crippen molar-refractivity contribution in [2.45, 2.75) is 19.4 Å². The van der Waals surface area contributed by atoms with Crippen LogP contribution in [0.4, 0.5) is 0 Å². The second-order valence-electron chi connectivity index (χ2n) is 5.72. The zero-order valence-electron chi connectivity index (χ0n) is 14.2. The van der Waals surface area contributed by atoms with Crippen molar-refractivity contribution >= 4 is 35.0 Å². The van der Waals surface area contributed by atoms with Crippen LogP contribution in [0.5, 0.6) is 0 Å². The van der Waals surface area contributed by atoms with Crippen molar-refractivity contribution in [2.24, 2.45) is 0 Å². The molecule has 1 aromatic heterocycles. The lowest BCUT2D eigenvalue weighted by Gasteiger charge is -2.03. The number of oxazole rings is 1. The molecular formula is C20H15Cl2NO4. The summed E-state index contributed by atoms with van der Waals surface area (Å²) in [5, 5.41) is 1.18. The number of ketones is 1. The number of aromatic nitrogens is 1. The van der Waals surface area contributed by atoms with Crippen LogP contribution in [0.3, 0.4) is 0 Å². The smallest absolute Gasteiger partial charge is 0.306 e. The normalized spacial score (nSPS) is 10.6. The lowest BCUT2D eigenvalue weighted by atomic mass is 10.1. The molecule has 0 spiro atoms. The van der Waals surface area contributed by atoms with Gasteiger partial charge in [0.1, 0.15) is 0 Å². The summed E-state index contributed by atoms with van der Waals surface area (Å²) in [4.78, 5) is 28.0.